The minimum atomic E-state index is -0.892. The van der Waals surface area contributed by atoms with E-state index in [1.165, 1.54) is 11.3 Å². The number of hydrogen-bond donors (Lipinski definition) is 1. The van der Waals surface area contributed by atoms with E-state index in [1.807, 2.05) is 61.7 Å². The van der Waals surface area contributed by atoms with Crippen molar-refractivity contribution in [3.8, 4) is 16.3 Å². The fraction of sp³-hybridized carbons (Fsp3) is 0.250. The van der Waals surface area contributed by atoms with Gasteiger partial charge in [0.1, 0.15) is 11.3 Å². The molecular formula is C20H21N3O3S. The third kappa shape index (κ3) is 4.43. The lowest BCUT2D eigenvalue weighted by Gasteiger charge is -2.15. The van der Waals surface area contributed by atoms with Crippen LogP contribution in [0.15, 0.2) is 54.0 Å². The average Bonchev–Trinajstić information content (AvgIpc) is 3.31. The highest BCUT2D eigenvalue weighted by atomic mass is 32.1. The van der Waals surface area contributed by atoms with E-state index in [4.69, 9.17) is 4.74 Å². The monoisotopic (exact) mass is 383 g/mol. The van der Waals surface area contributed by atoms with Gasteiger partial charge in [-0.3, -0.25) is 4.79 Å². The zero-order valence-electron chi connectivity index (χ0n) is 15.4. The molecule has 1 N–H and O–H groups in total. The fourth-order valence-electron chi connectivity index (χ4n) is 2.51. The summed E-state index contributed by atoms with van der Waals surface area (Å²) in [6.07, 6.45) is 0.746. The molecule has 0 saturated heterocycles. The molecule has 0 aliphatic rings. The Labute approximate surface area is 161 Å². The van der Waals surface area contributed by atoms with E-state index >= 15 is 0 Å². The van der Waals surface area contributed by atoms with Crippen LogP contribution in [-0.2, 0) is 9.53 Å². The molecule has 3 aromatic rings. The van der Waals surface area contributed by atoms with Crippen molar-refractivity contribution in [3.05, 3.63) is 59.6 Å². The molecule has 1 unspecified atom stereocenters. The van der Waals surface area contributed by atoms with Crippen LogP contribution in [0.3, 0.4) is 0 Å². The van der Waals surface area contributed by atoms with Crippen LogP contribution in [0.5, 0.6) is 0 Å². The lowest BCUT2D eigenvalue weighted by atomic mass is 10.2. The zero-order chi connectivity index (χ0) is 19.4. The Kier molecular flexibility index (Phi) is 5.71. The van der Waals surface area contributed by atoms with Crippen LogP contribution >= 0.6 is 11.3 Å². The predicted octanol–water partition coefficient (Wildman–Crippen LogP) is 3.67. The molecule has 0 radical (unpaired) electrons. The molecule has 140 valence electrons. The summed E-state index contributed by atoms with van der Waals surface area (Å²) >= 11 is 1.49. The zero-order valence-corrected chi connectivity index (χ0v) is 16.2. The molecule has 2 heterocycles. The van der Waals surface area contributed by atoms with E-state index in [-0.39, 0.29) is 11.9 Å². The van der Waals surface area contributed by atoms with Crippen LogP contribution in [0.4, 0.5) is 0 Å². The Bertz CT molecular complexity index is 917. The van der Waals surface area contributed by atoms with E-state index in [0.717, 1.165) is 10.6 Å². The maximum absolute atomic E-state index is 12.8. The largest absolute Gasteiger partial charge is 0.449 e. The number of thiophene rings is 1. The molecule has 27 heavy (non-hydrogen) atoms. The van der Waals surface area contributed by atoms with Crippen molar-refractivity contribution in [2.45, 2.75) is 32.9 Å². The fourth-order valence-corrected chi connectivity index (χ4v) is 3.23. The summed E-state index contributed by atoms with van der Waals surface area (Å²) in [4.78, 5) is 25.7. The molecule has 0 aliphatic heterocycles. The molecule has 0 spiro atoms. The highest BCUT2D eigenvalue weighted by molar-refractivity contribution is 7.13. The summed E-state index contributed by atoms with van der Waals surface area (Å²) in [6.45, 7) is 5.26. The molecule has 6 nitrogen and oxygen atoms in total. The van der Waals surface area contributed by atoms with E-state index < -0.39 is 12.1 Å². The van der Waals surface area contributed by atoms with Crippen LogP contribution in [-0.4, -0.2) is 33.8 Å². The van der Waals surface area contributed by atoms with Gasteiger partial charge in [-0.15, -0.1) is 11.3 Å². The van der Waals surface area contributed by atoms with Gasteiger partial charge in [0.05, 0.1) is 10.6 Å². The maximum Gasteiger partial charge on any atom is 0.342 e. The molecule has 1 amide bonds. The van der Waals surface area contributed by atoms with Gasteiger partial charge in [-0.05, 0) is 44.4 Å². The summed E-state index contributed by atoms with van der Waals surface area (Å²) in [5, 5.41) is 9.23. The van der Waals surface area contributed by atoms with Crippen molar-refractivity contribution < 1.29 is 14.3 Å². The highest BCUT2D eigenvalue weighted by Gasteiger charge is 2.25. The lowest BCUT2D eigenvalue weighted by Crippen LogP contribution is -2.39. The predicted molar refractivity (Wildman–Crippen MR) is 105 cm³/mol. The molecule has 2 aromatic heterocycles. The smallest absolute Gasteiger partial charge is 0.342 e. The van der Waals surface area contributed by atoms with Gasteiger partial charge in [-0.2, -0.15) is 5.10 Å². The Balaban J connectivity index is 1.90. The molecule has 3 rings (SSSR count). The molecule has 0 saturated carbocycles. The molecule has 1 aromatic carbocycles. The topological polar surface area (TPSA) is 73.2 Å². The third-order valence-corrected chi connectivity index (χ3v) is 4.67. The normalized spacial score (nSPS) is 12.0. The van der Waals surface area contributed by atoms with Gasteiger partial charge in [0.15, 0.2) is 6.10 Å². The summed E-state index contributed by atoms with van der Waals surface area (Å²) in [7, 11) is 0. The van der Waals surface area contributed by atoms with Crippen LogP contribution < -0.4 is 5.32 Å². The van der Waals surface area contributed by atoms with Crippen molar-refractivity contribution in [1.82, 2.24) is 15.1 Å². The molecule has 1 atom stereocenters. The third-order valence-electron chi connectivity index (χ3n) is 3.79. The second kappa shape index (κ2) is 8.18. The number of nitrogens with zero attached hydrogens (tertiary/aromatic N) is 2. The van der Waals surface area contributed by atoms with Gasteiger partial charge < -0.3 is 10.1 Å². The number of carbonyl (C=O) groups is 2. The second-order valence-corrected chi connectivity index (χ2v) is 7.31. The van der Waals surface area contributed by atoms with Crippen LogP contribution in [0, 0.1) is 0 Å². The molecule has 0 aliphatic carbocycles. The average molecular weight is 383 g/mol. The minimum Gasteiger partial charge on any atom is -0.449 e. The quantitative estimate of drug-likeness (QED) is 0.659. The van der Waals surface area contributed by atoms with Gasteiger partial charge in [0, 0.05) is 12.2 Å². The van der Waals surface area contributed by atoms with Crippen molar-refractivity contribution in [1.29, 1.82) is 0 Å². The number of carbonyl (C=O) groups excluding carboxylic acids is 2. The molecular weight excluding hydrogens is 362 g/mol. The van der Waals surface area contributed by atoms with Crippen molar-refractivity contribution in [3.63, 3.8) is 0 Å². The van der Waals surface area contributed by atoms with E-state index in [0.29, 0.717) is 11.3 Å². The Hall–Kier alpha value is -2.93. The number of amides is 1. The Morgan fingerprint density at radius 1 is 1.11 bits per heavy atom. The van der Waals surface area contributed by atoms with Gasteiger partial charge in [-0.1, -0.05) is 24.3 Å². The molecule has 0 fully saturated rings. The number of rotatable bonds is 6. The van der Waals surface area contributed by atoms with Gasteiger partial charge in [0.25, 0.3) is 5.91 Å². The number of aromatic nitrogens is 2. The van der Waals surface area contributed by atoms with Crippen molar-refractivity contribution in [2.75, 3.05) is 0 Å². The molecule has 7 heteroatoms. The first-order valence-corrected chi connectivity index (χ1v) is 9.54. The first-order valence-electron chi connectivity index (χ1n) is 8.66. The number of para-hydroxylation sites is 1. The van der Waals surface area contributed by atoms with E-state index in [1.54, 1.807) is 17.8 Å². The van der Waals surface area contributed by atoms with Gasteiger partial charge in [-0.25, -0.2) is 9.48 Å². The Morgan fingerprint density at radius 2 is 1.85 bits per heavy atom. The minimum absolute atomic E-state index is 0.0267. The number of esters is 1. The first-order chi connectivity index (χ1) is 13.0. The van der Waals surface area contributed by atoms with Crippen molar-refractivity contribution in [2.24, 2.45) is 0 Å². The second-order valence-electron chi connectivity index (χ2n) is 6.36. The van der Waals surface area contributed by atoms with Crippen molar-refractivity contribution >= 4 is 23.2 Å². The van der Waals surface area contributed by atoms with Gasteiger partial charge in [0.2, 0.25) is 0 Å². The van der Waals surface area contributed by atoms with E-state index in [9.17, 15) is 9.59 Å². The summed E-state index contributed by atoms with van der Waals surface area (Å²) < 4.78 is 7.03. The standard InChI is InChI=1S/C20H21N3O3S/c1-13(2)21-19(24)14(3)26-20(25)16-12-23(15-8-5-4-6-9-15)22-18(16)17-10-7-11-27-17/h4-14H,1-3H3,(H,21,24). The van der Waals surface area contributed by atoms with Gasteiger partial charge >= 0.3 is 5.97 Å². The first kappa shape index (κ1) is 18.8. The summed E-state index contributed by atoms with van der Waals surface area (Å²) in [6, 6.07) is 13.3. The van der Waals surface area contributed by atoms with E-state index in [2.05, 4.69) is 10.4 Å². The number of benzene rings is 1. The lowest BCUT2D eigenvalue weighted by molar-refractivity contribution is -0.129. The highest BCUT2D eigenvalue weighted by Crippen LogP contribution is 2.28. The number of ether oxygens (including phenoxy) is 1. The summed E-state index contributed by atoms with van der Waals surface area (Å²) in [5.41, 5.74) is 1.70. The SMILES string of the molecule is CC(C)NC(=O)C(C)OC(=O)c1cn(-c2ccccc2)nc1-c1cccs1. The van der Waals surface area contributed by atoms with Crippen LogP contribution in [0.25, 0.3) is 16.3 Å². The van der Waals surface area contributed by atoms with Crippen LogP contribution in [0.2, 0.25) is 0 Å². The van der Waals surface area contributed by atoms with Crippen LogP contribution in [0.1, 0.15) is 31.1 Å². The molecule has 0 bridgehead atoms. The number of hydrogen-bond acceptors (Lipinski definition) is 5. The Morgan fingerprint density at radius 3 is 2.48 bits per heavy atom. The maximum atomic E-state index is 12.8. The summed E-state index contributed by atoms with van der Waals surface area (Å²) in [5.74, 6) is -0.904. The number of nitrogens with one attached hydrogen (secondary N) is 1.